The zero-order valence-electron chi connectivity index (χ0n) is 10.0. The van der Waals surface area contributed by atoms with E-state index in [9.17, 15) is 4.79 Å². The van der Waals surface area contributed by atoms with Crippen LogP contribution in [-0.2, 0) is 0 Å². The molecule has 2 heterocycles. The van der Waals surface area contributed by atoms with Crippen molar-refractivity contribution in [1.29, 1.82) is 0 Å². The van der Waals surface area contributed by atoms with Gasteiger partial charge in [0.25, 0.3) is 5.91 Å². The van der Waals surface area contributed by atoms with Crippen LogP contribution in [0.15, 0.2) is 36.7 Å². The SMILES string of the molecule is O=C(Nc1cc(Cl)cc(Cl)c1)c1n[nH]c2ccncc12. The smallest absolute Gasteiger partial charge is 0.276 e. The molecular weight excluding hydrogens is 299 g/mol. The number of anilines is 1. The molecule has 0 aliphatic rings. The molecule has 0 radical (unpaired) electrons. The van der Waals surface area contributed by atoms with Crippen LogP contribution in [0, 0.1) is 0 Å². The molecule has 2 N–H and O–H groups in total. The van der Waals surface area contributed by atoms with Gasteiger partial charge in [-0.2, -0.15) is 5.10 Å². The molecule has 3 rings (SSSR count). The number of H-pyrrole nitrogens is 1. The number of nitrogens with zero attached hydrogens (tertiary/aromatic N) is 2. The molecule has 1 aromatic carbocycles. The van der Waals surface area contributed by atoms with E-state index in [0.29, 0.717) is 21.1 Å². The van der Waals surface area contributed by atoms with E-state index in [0.717, 1.165) is 5.52 Å². The molecule has 1 amide bonds. The van der Waals surface area contributed by atoms with Crippen LogP contribution in [0.25, 0.3) is 10.9 Å². The monoisotopic (exact) mass is 306 g/mol. The van der Waals surface area contributed by atoms with Crippen LogP contribution in [0.4, 0.5) is 5.69 Å². The highest BCUT2D eigenvalue weighted by Gasteiger charge is 2.14. The van der Waals surface area contributed by atoms with E-state index < -0.39 is 0 Å². The van der Waals surface area contributed by atoms with Gasteiger partial charge in [-0.1, -0.05) is 23.2 Å². The lowest BCUT2D eigenvalue weighted by atomic mass is 10.2. The van der Waals surface area contributed by atoms with Crippen LogP contribution in [0.1, 0.15) is 10.5 Å². The second kappa shape index (κ2) is 5.11. The number of benzene rings is 1. The summed E-state index contributed by atoms with van der Waals surface area (Å²) in [6, 6.07) is 6.55. The number of aromatic amines is 1. The number of nitrogens with one attached hydrogen (secondary N) is 2. The van der Waals surface area contributed by atoms with Crippen molar-refractivity contribution < 1.29 is 4.79 Å². The number of pyridine rings is 1. The van der Waals surface area contributed by atoms with Gasteiger partial charge >= 0.3 is 0 Å². The Hall–Kier alpha value is -2.11. The van der Waals surface area contributed by atoms with Crippen molar-refractivity contribution in [3.8, 4) is 0 Å². The molecule has 5 nitrogen and oxygen atoms in total. The Morgan fingerprint density at radius 3 is 2.70 bits per heavy atom. The topological polar surface area (TPSA) is 70.7 Å². The molecule has 0 aliphatic heterocycles. The molecule has 0 saturated carbocycles. The molecule has 3 aromatic rings. The van der Waals surface area contributed by atoms with E-state index in [-0.39, 0.29) is 11.6 Å². The number of hydrogen-bond acceptors (Lipinski definition) is 3. The first kappa shape index (κ1) is 12.9. The fourth-order valence-corrected chi connectivity index (χ4v) is 2.37. The van der Waals surface area contributed by atoms with Gasteiger partial charge in [-0.15, -0.1) is 0 Å². The maximum Gasteiger partial charge on any atom is 0.276 e. The third-order valence-electron chi connectivity index (χ3n) is 2.70. The van der Waals surface area contributed by atoms with Crippen LogP contribution in [0.2, 0.25) is 10.0 Å². The summed E-state index contributed by atoms with van der Waals surface area (Å²) in [6.45, 7) is 0. The fourth-order valence-electron chi connectivity index (χ4n) is 1.85. The van der Waals surface area contributed by atoms with Crippen LogP contribution < -0.4 is 5.32 Å². The van der Waals surface area contributed by atoms with Gasteiger partial charge in [-0.05, 0) is 24.3 Å². The minimum Gasteiger partial charge on any atom is -0.320 e. The largest absolute Gasteiger partial charge is 0.320 e. The van der Waals surface area contributed by atoms with Crippen molar-refractivity contribution in [3.05, 3.63) is 52.4 Å². The van der Waals surface area contributed by atoms with Gasteiger partial charge < -0.3 is 5.32 Å². The number of halogens is 2. The van der Waals surface area contributed by atoms with E-state index in [1.165, 1.54) is 0 Å². The average molecular weight is 307 g/mol. The highest BCUT2D eigenvalue weighted by molar-refractivity contribution is 6.35. The number of carbonyl (C=O) groups is 1. The summed E-state index contributed by atoms with van der Waals surface area (Å²) in [5.41, 5.74) is 1.52. The Labute approximate surface area is 123 Å². The number of rotatable bonds is 2. The Balaban J connectivity index is 1.93. The minimum absolute atomic E-state index is 0.268. The Morgan fingerprint density at radius 2 is 1.95 bits per heavy atom. The lowest BCUT2D eigenvalue weighted by Gasteiger charge is -2.04. The van der Waals surface area contributed by atoms with Gasteiger partial charge in [-0.3, -0.25) is 14.9 Å². The van der Waals surface area contributed by atoms with Crippen molar-refractivity contribution in [2.45, 2.75) is 0 Å². The van der Waals surface area contributed by atoms with Gasteiger partial charge in [0, 0.05) is 28.1 Å². The molecule has 0 bridgehead atoms. The maximum atomic E-state index is 12.2. The van der Waals surface area contributed by atoms with E-state index in [1.807, 2.05) is 0 Å². The maximum absolute atomic E-state index is 12.2. The number of carbonyl (C=O) groups excluding carboxylic acids is 1. The molecule has 2 aromatic heterocycles. The lowest BCUT2D eigenvalue weighted by Crippen LogP contribution is -2.12. The molecule has 7 heteroatoms. The summed E-state index contributed by atoms with van der Waals surface area (Å²) in [5, 5.41) is 11.0. The normalized spacial score (nSPS) is 10.7. The summed E-state index contributed by atoms with van der Waals surface area (Å²) >= 11 is 11.8. The summed E-state index contributed by atoms with van der Waals surface area (Å²) in [4.78, 5) is 16.2. The van der Waals surface area contributed by atoms with Gasteiger partial charge in [0.15, 0.2) is 5.69 Å². The van der Waals surface area contributed by atoms with Crippen LogP contribution in [-0.4, -0.2) is 21.1 Å². The van der Waals surface area contributed by atoms with E-state index in [4.69, 9.17) is 23.2 Å². The molecular formula is C13H8Cl2N4O. The zero-order valence-corrected chi connectivity index (χ0v) is 11.5. The minimum atomic E-state index is -0.359. The van der Waals surface area contributed by atoms with Crippen LogP contribution in [0.3, 0.4) is 0 Å². The van der Waals surface area contributed by atoms with Crippen molar-refractivity contribution in [2.75, 3.05) is 5.32 Å². The Bertz CT molecular complexity index is 780. The van der Waals surface area contributed by atoms with Gasteiger partial charge in [0.2, 0.25) is 0 Å². The highest BCUT2D eigenvalue weighted by atomic mass is 35.5. The summed E-state index contributed by atoms with van der Waals surface area (Å²) in [7, 11) is 0. The van der Waals surface area contributed by atoms with Gasteiger partial charge in [-0.25, -0.2) is 0 Å². The molecule has 0 aliphatic carbocycles. The van der Waals surface area contributed by atoms with Crippen molar-refractivity contribution in [3.63, 3.8) is 0 Å². The summed E-state index contributed by atoms with van der Waals surface area (Å²) in [6.07, 6.45) is 3.21. The fraction of sp³-hybridized carbons (Fsp3) is 0. The molecule has 20 heavy (non-hydrogen) atoms. The van der Waals surface area contributed by atoms with Crippen molar-refractivity contribution in [1.82, 2.24) is 15.2 Å². The third kappa shape index (κ3) is 2.45. The standard InChI is InChI=1S/C13H8Cl2N4O/c14-7-3-8(15)5-9(4-7)17-13(20)12-10-6-16-2-1-11(10)18-19-12/h1-6H,(H,17,20)(H,18,19). The highest BCUT2D eigenvalue weighted by Crippen LogP contribution is 2.23. The summed E-state index contributed by atoms with van der Waals surface area (Å²) in [5.74, 6) is -0.359. The second-order valence-corrected chi connectivity index (χ2v) is 4.98. The molecule has 0 atom stereocenters. The van der Waals surface area contributed by atoms with Crippen LogP contribution in [0.5, 0.6) is 0 Å². The van der Waals surface area contributed by atoms with E-state index in [1.54, 1.807) is 36.7 Å². The molecule has 0 saturated heterocycles. The Morgan fingerprint density at radius 1 is 1.20 bits per heavy atom. The first-order chi connectivity index (χ1) is 9.63. The average Bonchev–Trinajstić information content (AvgIpc) is 2.81. The third-order valence-corrected chi connectivity index (χ3v) is 3.14. The second-order valence-electron chi connectivity index (χ2n) is 4.11. The number of hydrogen-bond donors (Lipinski definition) is 2. The number of aromatic nitrogens is 3. The van der Waals surface area contributed by atoms with Gasteiger partial charge in [0.05, 0.1) is 10.9 Å². The van der Waals surface area contributed by atoms with E-state index >= 15 is 0 Å². The quantitative estimate of drug-likeness (QED) is 0.761. The van der Waals surface area contributed by atoms with Crippen molar-refractivity contribution in [2.24, 2.45) is 0 Å². The van der Waals surface area contributed by atoms with E-state index in [2.05, 4.69) is 20.5 Å². The molecule has 0 fully saturated rings. The summed E-state index contributed by atoms with van der Waals surface area (Å²) < 4.78 is 0. The number of fused-ring (bicyclic) bond motifs is 1. The van der Waals surface area contributed by atoms with Crippen molar-refractivity contribution >= 4 is 45.7 Å². The van der Waals surface area contributed by atoms with Gasteiger partial charge in [0.1, 0.15) is 0 Å². The first-order valence-electron chi connectivity index (χ1n) is 5.69. The first-order valence-corrected chi connectivity index (χ1v) is 6.44. The lowest BCUT2D eigenvalue weighted by molar-refractivity contribution is 0.102. The zero-order chi connectivity index (χ0) is 14.1. The molecule has 0 spiro atoms. The Kier molecular flexibility index (Phi) is 3.30. The molecule has 0 unspecified atom stereocenters. The van der Waals surface area contributed by atoms with Crippen LogP contribution >= 0.6 is 23.2 Å². The predicted octanol–water partition coefficient (Wildman–Crippen LogP) is 3.52. The predicted molar refractivity (Wildman–Crippen MR) is 78.3 cm³/mol. The molecule has 100 valence electrons. The number of amides is 1.